The van der Waals surface area contributed by atoms with Crippen molar-refractivity contribution < 1.29 is 14.6 Å². The lowest BCUT2D eigenvalue weighted by atomic mass is 10.1. The van der Waals surface area contributed by atoms with Crippen molar-refractivity contribution in [2.45, 2.75) is 32.3 Å². The number of carbonyl (C=O) groups excluding carboxylic acids is 1. The topological polar surface area (TPSA) is 58.6 Å². The van der Waals surface area contributed by atoms with Crippen molar-refractivity contribution in [3.8, 4) is 5.75 Å². The van der Waals surface area contributed by atoms with Gasteiger partial charge in [0.2, 0.25) is 0 Å². The van der Waals surface area contributed by atoms with E-state index in [1.165, 1.54) is 0 Å². The third-order valence-electron chi connectivity index (χ3n) is 2.97. The SMILES string of the molecule is CCCCOc1ccc(C(=O)NC[C@](C)(O)CSC)cc1. The lowest BCUT2D eigenvalue weighted by Crippen LogP contribution is -2.42. The molecule has 0 aromatic heterocycles. The molecule has 1 aromatic rings. The first-order chi connectivity index (χ1) is 9.98. The Hall–Kier alpha value is -1.20. The smallest absolute Gasteiger partial charge is 0.251 e. The van der Waals surface area contributed by atoms with Gasteiger partial charge < -0.3 is 15.2 Å². The van der Waals surface area contributed by atoms with Gasteiger partial charge in [0, 0.05) is 17.9 Å². The molecule has 0 fully saturated rings. The second-order valence-corrected chi connectivity index (χ2v) is 6.21. The van der Waals surface area contributed by atoms with Crippen LogP contribution >= 0.6 is 11.8 Å². The second-order valence-electron chi connectivity index (χ2n) is 5.34. The maximum absolute atomic E-state index is 12.0. The van der Waals surface area contributed by atoms with Gasteiger partial charge in [0.25, 0.3) is 5.91 Å². The van der Waals surface area contributed by atoms with Crippen LogP contribution in [0, 0.1) is 0 Å². The average Bonchev–Trinajstić information content (AvgIpc) is 2.46. The molecule has 0 spiro atoms. The summed E-state index contributed by atoms with van der Waals surface area (Å²) in [5.74, 6) is 1.17. The van der Waals surface area contributed by atoms with Crippen molar-refractivity contribution in [1.29, 1.82) is 0 Å². The molecule has 0 aliphatic heterocycles. The fraction of sp³-hybridized carbons (Fsp3) is 0.562. The van der Waals surface area contributed by atoms with E-state index in [1.807, 2.05) is 6.26 Å². The summed E-state index contributed by atoms with van der Waals surface area (Å²) in [5, 5.41) is 12.8. The summed E-state index contributed by atoms with van der Waals surface area (Å²) in [7, 11) is 0. The maximum atomic E-state index is 12.0. The van der Waals surface area contributed by atoms with Crippen LogP contribution < -0.4 is 10.1 Å². The number of hydrogen-bond acceptors (Lipinski definition) is 4. The van der Waals surface area contributed by atoms with Crippen LogP contribution in [0.25, 0.3) is 0 Å². The van der Waals surface area contributed by atoms with Gasteiger partial charge in [-0.1, -0.05) is 13.3 Å². The number of benzene rings is 1. The number of carbonyl (C=O) groups is 1. The molecular weight excluding hydrogens is 286 g/mol. The molecule has 118 valence electrons. The number of rotatable bonds is 9. The molecule has 0 aliphatic carbocycles. The predicted octanol–water partition coefficient (Wildman–Crippen LogP) is 2.71. The lowest BCUT2D eigenvalue weighted by molar-refractivity contribution is 0.0725. The average molecular weight is 311 g/mol. The minimum Gasteiger partial charge on any atom is -0.494 e. The first-order valence-corrected chi connectivity index (χ1v) is 8.60. The van der Waals surface area contributed by atoms with E-state index in [0.717, 1.165) is 18.6 Å². The van der Waals surface area contributed by atoms with Crippen molar-refractivity contribution in [2.75, 3.05) is 25.2 Å². The van der Waals surface area contributed by atoms with Crippen molar-refractivity contribution in [3.05, 3.63) is 29.8 Å². The third-order valence-corrected chi connectivity index (χ3v) is 3.88. The normalized spacial score (nSPS) is 13.5. The number of amides is 1. The Morgan fingerprint density at radius 2 is 2.05 bits per heavy atom. The van der Waals surface area contributed by atoms with Crippen molar-refractivity contribution in [1.82, 2.24) is 5.32 Å². The Morgan fingerprint density at radius 1 is 1.38 bits per heavy atom. The highest BCUT2D eigenvalue weighted by Gasteiger charge is 2.20. The highest BCUT2D eigenvalue weighted by atomic mass is 32.2. The predicted molar refractivity (Wildman–Crippen MR) is 88.2 cm³/mol. The van der Waals surface area contributed by atoms with Crippen LogP contribution in [0.1, 0.15) is 37.0 Å². The van der Waals surface area contributed by atoms with Crippen LogP contribution in [0.15, 0.2) is 24.3 Å². The second kappa shape index (κ2) is 8.95. The summed E-state index contributed by atoms with van der Waals surface area (Å²) in [6.45, 7) is 4.76. The van der Waals surface area contributed by atoms with Gasteiger partial charge in [0.1, 0.15) is 5.75 Å². The molecule has 0 aliphatic rings. The number of unbranched alkanes of at least 4 members (excludes halogenated alkanes) is 1. The van der Waals surface area contributed by atoms with Gasteiger partial charge >= 0.3 is 0 Å². The molecule has 1 atom stereocenters. The first kappa shape index (κ1) is 17.9. The van der Waals surface area contributed by atoms with E-state index in [2.05, 4.69) is 12.2 Å². The van der Waals surface area contributed by atoms with Gasteiger partial charge in [-0.25, -0.2) is 0 Å². The van der Waals surface area contributed by atoms with E-state index in [-0.39, 0.29) is 12.5 Å². The Kier molecular flexibility index (Phi) is 7.61. The molecule has 0 radical (unpaired) electrons. The minimum absolute atomic E-state index is 0.184. The fourth-order valence-corrected chi connectivity index (χ4v) is 2.50. The van der Waals surface area contributed by atoms with Crippen LogP contribution in [0.3, 0.4) is 0 Å². The summed E-state index contributed by atoms with van der Waals surface area (Å²) in [6.07, 6.45) is 4.04. The van der Waals surface area contributed by atoms with Gasteiger partial charge in [-0.2, -0.15) is 11.8 Å². The molecule has 1 amide bonds. The first-order valence-electron chi connectivity index (χ1n) is 7.21. The summed E-state index contributed by atoms with van der Waals surface area (Å²) < 4.78 is 5.55. The van der Waals surface area contributed by atoms with E-state index in [0.29, 0.717) is 17.9 Å². The van der Waals surface area contributed by atoms with Gasteiger partial charge in [-0.3, -0.25) is 4.79 Å². The molecule has 0 bridgehead atoms. The largest absolute Gasteiger partial charge is 0.494 e. The summed E-state index contributed by atoms with van der Waals surface area (Å²) in [6, 6.07) is 7.06. The van der Waals surface area contributed by atoms with E-state index in [4.69, 9.17) is 4.74 Å². The Bertz CT molecular complexity index is 432. The summed E-state index contributed by atoms with van der Waals surface area (Å²) in [5.41, 5.74) is -0.323. The van der Waals surface area contributed by atoms with E-state index in [1.54, 1.807) is 43.0 Å². The van der Waals surface area contributed by atoms with E-state index < -0.39 is 5.60 Å². The highest BCUT2D eigenvalue weighted by molar-refractivity contribution is 7.98. The van der Waals surface area contributed by atoms with Crippen LogP contribution in [0.4, 0.5) is 0 Å². The van der Waals surface area contributed by atoms with Crippen LogP contribution in [-0.4, -0.2) is 41.8 Å². The zero-order chi connectivity index (χ0) is 15.7. The van der Waals surface area contributed by atoms with Crippen molar-refractivity contribution in [2.24, 2.45) is 0 Å². The molecule has 2 N–H and O–H groups in total. The monoisotopic (exact) mass is 311 g/mol. The maximum Gasteiger partial charge on any atom is 0.251 e. The molecule has 0 unspecified atom stereocenters. The number of hydrogen-bond donors (Lipinski definition) is 2. The molecule has 0 saturated carbocycles. The molecule has 4 nitrogen and oxygen atoms in total. The van der Waals surface area contributed by atoms with Gasteiger partial charge in [0.15, 0.2) is 0 Å². The highest BCUT2D eigenvalue weighted by Crippen LogP contribution is 2.13. The van der Waals surface area contributed by atoms with Crippen LogP contribution in [-0.2, 0) is 0 Å². The Morgan fingerprint density at radius 3 is 2.62 bits per heavy atom. The molecule has 0 saturated heterocycles. The number of nitrogens with one attached hydrogen (secondary N) is 1. The summed E-state index contributed by atoms with van der Waals surface area (Å²) >= 11 is 1.55. The zero-order valence-corrected chi connectivity index (χ0v) is 13.8. The molecule has 1 rings (SSSR count). The molecule has 5 heteroatoms. The third kappa shape index (κ3) is 6.87. The van der Waals surface area contributed by atoms with Gasteiger partial charge in [0.05, 0.1) is 12.2 Å². The number of thioether (sulfide) groups is 1. The number of aliphatic hydroxyl groups is 1. The standard InChI is InChI=1S/C16H25NO3S/c1-4-5-10-20-14-8-6-13(7-9-14)15(18)17-11-16(2,19)12-21-3/h6-9,19H,4-5,10-12H2,1-3H3,(H,17,18)/t16-/m0/s1. The van der Waals surface area contributed by atoms with E-state index in [9.17, 15) is 9.90 Å². The van der Waals surface area contributed by atoms with E-state index >= 15 is 0 Å². The molecule has 21 heavy (non-hydrogen) atoms. The molecular formula is C16H25NO3S. The fourth-order valence-electron chi connectivity index (χ4n) is 1.77. The summed E-state index contributed by atoms with van der Waals surface area (Å²) in [4.78, 5) is 12.0. The van der Waals surface area contributed by atoms with Crippen LogP contribution in [0.5, 0.6) is 5.75 Å². The lowest BCUT2D eigenvalue weighted by Gasteiger charge is -2.22. The molecule has 1 aromatic carbocycles. The van der Waals surface area contributed by atoms with Gasteiger partial charge in [-0.15, -0.1) is 0 Å². The van der Waals surface area contributed by atoms with Crippen molar-refractivity contribution in [3.63, 3.8) is 0 Å². The van der Waals surface area contributed by atoms with Crippen molar-refractivity contribution >= 4 is 17.7 Å². The number of ether oxygens (including phenoxy) is 1. The zero-order valence-electron chi connectivity index (χ0n) is 13.0. The quantitative estimate of drug-likeness (QED) is 0.689. The Balaban J connectivity index is 2.47. The van der Waals surface area contributed by atoms with Gasteiger partial charge in [-0.05, 0) is 43.9 Å². The molecule has 0 heterocycles. The Labute approximate surface area is 131 Å². The van der Waals surface area contributed by atoms with Crippen LogP contribution in [0.2, 0.25) is 0 Å². The minimum atomic E-state index is -0.891.